The summed E-state index contributed by atoms with van der Waals surface area (Å²) in [6.07, 6.45) is 0.852. The number of carbonyl (C=O) groups is 1. The molecule has 0 aliphatic rings. The summed E-state index contributed by atoms with van der Waals surface area (Å²) >= 11 is 6.01. The van der Waals surface area contributed by atoms with Gasteiger partial charge in [0.15, 0.2) is 0 Å². The van der Waals surface area contributed by atoms with Crippen LogP contribution in [-0.2, 0) is 14.8 Å². The van der Waals surface area contributed by atoms with Crippen molar-refractivity contribution in [2.24, 2.45) is 0 Å². The smallest absolute Gasteiger partial charge is 0.303 e. The minimum absolute atomic E-state index is 0.0381. The van der Waals surface area contributed by atoms with Crippen LogP contribution in [0.3, 0.4) is 0 Å². The second-order valence-electron chi connectivity index (χ2n) is 6.17. The average Bonchev–Trinajstić information content (AvgIpc) is 2.55. The molecule has 2 N–H and O–H groups in total. The first-order valence-corrected chi connectivity index (χ1v) is 10.1. The van der Waals surface area contributed by atoms with E-state index in [0.29, 0.717) is 29.1 Å². The van der Waals surface area contributed by atoms with E-state index in [1.165, 1.54) is 0 Å². The predicted octanol–water partition coefficient (Wildman–Crippen LogP) is 4.36. The van der Waals surface area contributed by atoms with Gasteiger partial charge in [0.2, 0.25) is 0 Å². The van der Waals surface area contributed by atoms with E-state index in [4.69, 9.17) is 16.7 Å². The van der Waals surface area contributed by atoms with Crippen molar-refractivity contribution in [3.8, 4) is 11.8 Å². The Bertz CT molecular complexity index is 1000. The van der Waals surface area contributed by atoms with Gasteiger partial charge >= 0.3 is 5.97 Å². The number of sulfonamides is 1. The summed E-state index contributed by atoms with van der Waals surface area (Å²) in [5.74, 6) is 4.86. The number of hydrogen-bond donors (Lipinski definition) is 2. The van der Waals surface area contributed by atoms with E-state index in [0.717, 1.165) is 11.1 Å². The molecule has 0 unspecified atom stereocenters. The van der Waals surface area contributed by atoms with Gasteiger partial charge in [-0.3, -0.25) is 9.52 Å². The van der Waals surface area contributed by atoms with E-state index < -0.39 is 16.0 Å². The molecular weight excluding hydrogens is 386 g/mol. The molecule has 0 saturated heterocycles. The van der Waals surface area contributed by atoms with Crippen LogP contribution in [0.1, 0.15) is 36.0 Å². The highest BCUT2D eigenvalue weighted by atomic mass is 35.5. The second kappa shape index (κ2) is 8.94. The number of nitrogens with one attached hydrogen (secondary N) is 1. The first kappa shape index (κ1) is 20.8. The maximum atomic E-state index is 12.7. The number of carboxylic acids is 1. The zero-order chi connectivity index (χ0) is 20.0. The maximum absolute atomic E-state index is 12.7. The number of carboxylic acid groups (broad SMARTS) is 1. The minimum atomic E-state index is -3.78. The lowest BCUT2D eigenvalue weighted by Gasteiger charge is -2.11. The van der Waals surface area contributed by atoms with Crippen LogP contribution in [-0.4, -0.2) is 19.5 Å². The molecule has 0 fully saturated rings. The van der Waals surface area contributed by atoms with Crippen LogP contribution in [0.15, 0.2) is 41.3 Å². The van der Waals surface area contributed by atoms with Gasteiger partial charge < -0.3 is 5.11 Å². The molecule has 142 valence electrons. The third-order valence-corrected chi connectivity index (χ3v) is 5.23. The third kappa shape index (κ3) is 6.31. The average molecular weight is 406 g/mol. The molecule has 0 saturated carbocycles. The molecule has 0 radical (unpaired) electrons. The highest BCUT2D eigenvalue weighted by Crippen LogP contribution is 2.24. The first-order chi connectivity index (χ1) is 12.7. The predicted molar refractivity (Wildman–Crippen MR) is 107 cm³/mol. The monoisotopic (exact) mass is 405 g/mol. The van der Waals surface area contributed by atoms with E-state index in [-0.39, 0.29) is 11.3 Å². The normalized spacial score (nSPS) is 10.8. The van der Waals surface area contributed by atoms with Crippen LogP contribution < -0.4 is 4.72 Å². The van der Waals surface area contributed by atoms with Crippen molar-refractivity contribution < 1.29 is 18.3 Å². The molecule has 0 amide bonds. The number of aryl methyl sites for hydroxylation is 2. The van der Waals surface area contributed by atoms with Gasteiger partial charge in [-0.25, -0.2) is 8.42 Å². The highest BCUT2D eigenvalue weighted by molar-refractivity contribution is 7.92. The Morgan fingerprint density at radius 3 is 2.44 bits per heavy atom. The molecule has 0 atom stereocenters. The molecule has 5 nitrogen and oxygen atoms in total. The van der Waals surface area contributed by atoms with Crippen LogP contribution in [0.2, 0.25) is 5.02 Å². The summed E-state index contributed by atoms with van der Waals surface area (Å²) in [5, 5.41) is 9.07. The minimum Gasteiger partial charge on any atom is -0.481 e. The Labute approximate surface area is 164 Å². The van der Waals surface area contributed by atoms with Crippen molar-refractivity contribution in [1.29, 1.82) is 0 Å². The Hall–Kier alpha value is -2.49. The lowest BCUT2D eigenvalue weighted by atomic mass is 10.1. The summed E-state index contributed by atoms with van der Waals surface area (Å²) in [6, 6.07) is 9.81. The molecule has 0 heterocycles. The number of halogens is 1. The molecule has 0 aliphatic carbocycles. The number of hydrogen-bond acceptors (Lipinski definition) is 3. The maximum Gasteiger partial charge on any atom is 0.303 e. The Morgan fingerprint density at radius 2 is 1.81 bits per heavy atom. The van der Waals surface area contributed by atoms with Gasteiger partial charge in [-0.1, -0.05) is 29.5 Å². The second-order valence-corrected chi connectivity index (χ2v) is 8.29. The summed E-state index contributed by atoms with van der Waals surface area (Å²) < 4.78 is 28.0. The van der Waals surface area contributed by atoms with Gasteiger partial charge in [0.1, 0.15) is 0 Å². The summed E-state index contributed by atoms with van der Waals surface area (Å²) in [4.78, 5) is 10.7. The van der Waals surface area contributed by atoms with E-state index in [1.54, 1.807) is 30.3 Å². The van der Waals surface area contributed by atoms with Gasteiger partial charge in [-0.05, 0) is 61.7 Å². The molecule has 27 heavy (non-hydrogen) atoms. The lowest BCUT2D eigenvalue weighted by Crippen LogP contribution is -2.14. The van der Waals surface area contributed by atoms with E-state index >= 15 is 0 Å². The zero-order valence-corrected chi connectivity index (χ0v) is 16.6. The molecule has 0 aliphatic heterocycles. The van der Waals surface area contributed by atoms with Gasteiger partial charge in [0.25, 0.3) is 10.0 Å². The zero-order valence-electron chi connectivity index (χ0n) is 15.0. The molecule has 2 aromatic rings. The van der Waals surface area contributed by atoms with Gasteiger partial charge in [0.05, 0.1) is 16.1 Å². The molecular formula is C20H20ClNO4S. The Morgan fingerprint density at radius 1 is 1.15 bits per heavy atom. The number of rotatable bonds is 6. The summed E-state index contributed by atoms with van der Waals surface area (Å²) in [6.45, 7) is 3.67. The molecule has 2 rings (SSSR count). The van der Waals surface area contributed by atoms with Gasteiger partial charge in [0, 0.05) is 17.9 Å². The third-order valence-electron chi connectivity index (χ3n) is 3.65. The van der Waals surface area contributed by atoms with E-state index in [2.05, 4.69) is 16.6 Å². The molecule has 2 aromatic carbocycles. The van der Waals surface area contributed by atoms with E-state index in [9.17, 15) is 13.2 Å². The highest BCUT2D eigenvalue weighted by Gasteiger charge is 2.16. The van der Waals surface area contributed by atoms with Crippen LogP contribution >= 0.6 is 11.6 Å². The van der Waals surface area contributed by atoms with Gasteiger partial charge in [-0.2, -0.15) is 0 Å². The first-order valence-electron chi connectivity index (χ1n) is 8.29. The molecule has 0 spiro atoms. The quantitative estimate of drug-likeness (QED) is 0.552. The van der Waals surface area contributed by atoms with Crippen molar-refractivity contribution >= 4 is 33.3 Å². The molecule has 7 heteroatoms. The van der Waals surface area contributed by atoms with Crippen LogP contribution in [0, 0.1) is 25.7 Å². The number of unbranched alkanes of at least 4 members (excludes halogenated alkanes) is 1. The van der Waals surface area contributed by atoms with Crippen molar-refractivity contribution in [3.63, 3.8) is 0 Å². The van der Waals surface area contributed by atoms with Crippen LogP contribution in [0.5, 0.6) is 0 Å². The number of anilines is 1. The summed E-state index contributed by atoms with van der Waals surface area (Å²) in [7, 11) is -3.78. The lowest BCUT2D eigenvalue weighted by molar-refractivity contribution is -0.137. The van der Waals surface area contributed by atoms with Crippen molar-refractivity contribution in [1.82, 2.24) is 0 Å². The van der Waals surface area contributed by atoms with Crippen LogP contribution in [0.4, 0.5) is 5.69 Å². The molecule has 0 bridgehead atoms. The summed E-state index contributed by atoms with van der Waals surface area (Å²) in [5.41, 5.74) is 2.46. The Balaban J connectivity index is 2.28. The Kier molecular flexibility index (Phi) is 6.89. The SMILES string of the molecule is Cc1cc(C)cc(S(=O)(=O)Nc2ccc(Cl)cc2C#CCCCC(=O)O)c1. The van der Waals surface area contributed by atoms with Crippen molar-refractivity contribution in [2.45, 2.75) is 38.0 Å². The number of aliphatic carboxylic acids is 1. The van der Waals surface area contributed by atoms with Gasteiger partial charge in [-0.15, -0.1) is 0 Å². The van der Waals surface area contributed by atoms with E-state index in [1.807, 2.05) is 19.9 Å². The standard InChI is InChI=1S/C20H20ClNO4S/c1-14-10-15(2)12-18(11-14)27(25,26)22-19-9-8-17(21)13-16(19)6-4-3-5-7-20(23)24/h8-13,22H,3,5,7H2,1-2H3,(H,23,24). The molecule has 0 aromatic heterocycles. The largest absolute Gasteiger partial charge is 0.481 e. The fourth-order valence-corrected chi connectivity index (χ4v) is 3.93. The van der Waals surface area contributed by atoms with Crippen LogP contribution in [0.25, 0.3) is 0 Å². The number of benzene rings is 2. The fraction of sp³-hybridized carbons (Fsp3) is 0.250. The van der Waals surface area contributed by atoms with Crippen molar-refractivity contribution in [3.05, 3.63) is 58.1 Å². The fourth-order valence-electron chi connectivity index (χ4n) is 2.49. The topological polar surface area (TPSA) is 83.5 Å². The van der Waals surface area contributed by atoms with Crippen molar-refractivity contribution in [2.75, 3.05) is 4.72 Å².